The molecule has 2 aromatic rings. The summed E-state index contributed by atoms with van der Waals surface area (Å²) in [6.07, 6.45) is 3.56. The van der Waals surface area contributed by atoms with E-state index in [1.807, 2.05) is 24.3 Å². The molecule has 0 aliphatic rings. The average molecular weight is 332 g/mol. The maximum Gasteiger partial charge on any atom is 0.221 e. The molecule has 0 fully saturated rings. The molecular weight excluding hydrogens is 313 g/mol. The van der Waals surface area contributed by atoms with Crippen molar-refractivity contribution in [3.05, 3.63) is 48.0 Å². The molecule has 0 aliphatic heterocycles. The molecule has 21 heavy (non-hydrogen) atoms. The summed E-state index contributed by atoms with van der Waals surface area (Å²) in [5.41, 5.74) is 7.51. The van der Waals surface area contributed by atoms with E-state index in [4.69, 9.17) is 5.73 Å². The van der Waals surface area contributed by atoms with Crippen LogP contribution in [0, 0.1) is 0 Å². The van der Waals surface area contributed by atoms with E-state index in [0.717, 1.165) is 11.1 Å². The molecule has 1 aromatic carbocycles. The van der Waals surface area contributed by atoms with Crippen LogP contribution in [0.2, 0.25) is 0 Å². The van der Waals surface area contributed by atoms with Gasteiger partial charge in [0.05, 0.1) is 6.54 Å². The standard InChI is InChI=1S/C13H17N5O.2ClH/c14-6-5-13(19)16-7-11-1-3-12(4-2-11)8-18-10-15-9-17-18;;/h1-4,9-10H,5-8,14H2,(H,16,19);2*1H. The molecule has 0 bridgehead atoms. The first-order chi connectivity index (χ1) is 9.28. The van der Waals surface area contributed by atoms with Gasteiger partial charge < -0.3 is 11.1 Å². The molecule has 0 spiro atoms. The highest BCUT2D eigenvalue weighted by Crippen LogP contribution is 2.05. The van der Waals surface area contributed by atoms with Gasteiger partial charge in [0.1, 0.15) is 12.7 Å². The Morgan fingerprint density at radius 2 is 1.86 bits per heavy atom. The van der Waals surface area contributed by atoms with Crippen LogP contribution in [-0.4, -0.2) is 27.2 Å². The molecule has 2 rings (SSSR count). The van der Waals surface area contributed by atoms with Crippen LogP contribution >= 0.6 is 24.8 Å². The van der Waals surface area contributed by atoms with Crippen molar-refractivity contribution in [3.63, 3.8) is 0 Å². The van der Waals surface area contributed by atoms with Crippen molar-refractivity contribution in [1.29, 1.82) is 0 Å². The fraction of sp³-hybridized carbons (Fsp3) is 0.308. The smallest absolute Gasteiger partial charge is 0.221 e. The molecule has 6 nitrogen and oxygen atoms in total. The monoisotopic (exact) mass is 331 g/mol. The minimum absolute atomic E-state index is 0. The van der Waals surface area contributed by atoms with Gasteiger partial charge in [-0.05, 0) is 11.1 Å². The third-order valence-corrected chi connectivity index (χ3v) is 2.70. The maximum absolute atomic E-state index is 11.3. The zero-order valence-corrected chi connectivity index (χ0v) is 13.1. The largest absolute Gasteiger partial charge is 0.352 e. The van der Waals surface area contributed by atoms with Crippen molar-refractivity contribution in [2.75, 3.05) is 6.54 Å². The molecule has 1 amide bonds. The minimum atomic E-state index is -0.0193. The number of carbonyl (C=O) groups excluding carboxylic acids is 1. The summed E-state index contributed by atoms with van der Waals surface area (Å²) in [7, 11) is 0. The van der Waals surface area contributed by atoms with Crippen molar-refractivity contribution in [2.24, 2.45) is 5.73 Å². The molecule has 0 saturated heterocycles. The van der Waals surface area contributed by atoms with Crippen LogP contribution in [0.1, 0.15) is 17.5 Å². The van der Waals surface area contributed by atoms with E-state index in [-0.39, 0.29) is 30.7 Å². The summed E-state index contributed by atoms with van der Waals surface area (Å²) in [4.78, 5) is 15.2. The Morgan fingerprint density at radius 1 is 1.19 bits per heavy atom. The van der Waals surface area contributed by atoms with Crippen molar-refractivity contribution in [3.8, 4) is 0 Å². The highest BCUT2D eigenvalue weighted by molar-refractivity contribution is 5.85. The van der Waals surface area contributed by atoms with Crippen LogP contribution in [0.3, 0.4) is 0 Å². The van der Waals surface area contributed by atoms with Gasteiger partial charge >= 0.3 is 0 Å². The number of amides is 1. The summed E-state index contributed by atoms with van der Waals surface area (Å²) in [5.74, 6) is -0.0193. The molecule has 116 valence electrons. The Hall–Kier alpha value is -1.63. The highest BCUT2D eigenvalue weighted by Gasteiger charge is 2.00. The zero-order chi connectivity index (χ0) is 13.5. The SMILES string of the molecule is Cl.Cl.NCCC(=O)NCc1ccc(Cn2cncn2)cc1. The van der Waals surface area contributed by atoms with Gasteiger partial charge in [0, 0.05) is 19.5 Å². The predicted octanol–water partition coefficient (Wildman–Crippen LogP) is 1.14. The summed E-state index contributed by atoms with van der Waals surface area (Å²) in [6.45, 7) is 1.60. The number of halogens is 2. The molecule has 1 aromatic heterocycles. The first-order valence-corrected chi connectivity index (χ1v) is 6.15. The topological polar surface area (TPSA) is 85.8 Å². The minimum Gasteiger partial charge on any atom is -0.352 e. The van der Waals surface area contributed by atoms with Gasteiger partial charge in [0.25, 0.3) is 0 Å². The molecule has 0 radical (unpaired) electrons. The normalized spacial score (nSPS) is 9.38. The lowest BCUT2D eigenvalue weighted by Crippen LogP contribution is -2.24. The molecule has 0 atom stereocenters. The van der Waals surface area contributed by atoms with Crippen LogP contribution < -0.4 is 11.1 Å². The van der Waals surface area contributed by atoms with Gasteiger partial charge in [-0.1, -0.05) is 24.3 Å². The van der Waals surface area contributed by atoms with Crippen LogP contribution in [0.25, 0.3) is 0 Å². The number of nitrogens with zero attached hydrogens (tertiary/aromatic N) is 3. The van der Waals surface area contributed by atoms with Gasteiger partial charge in [-0.15, -0.1) is 24.8 Å². The Bertz CT molecular complexity index is 516. The Balaban J connectivity index is 0.00000200. The Labute approximate surface area is 135 Å². The second-order valence-corrected chi connectivity index (χ2v) is 4.22. The fourth-order valence-corrected chi connectivity index (χ4v) is 1.68. The lowest BCUT2D eigenvalue weighted by atomic mass is 10.1. The molecular formula is C13H19Cl2N5O. The van der Waals surface area contributed by atoms with Crippen molar-refractivity contribution in [1.82, 2.24) is 20.1 Å². The van der Waals surface area contributed by atoms with E-state index in [0.29, 0.717) is 26.1 Å². The number of aromatic nitrogens is 3. The van der Waals surface area contributed by atoms with Crippen molar-refractivity contribution in [2.45, 2.75) is 19.5 Å². The van der Waals surface area contributed by atoms with E-state index in [2.05, 4.69) is 15.4 Å². The zero-order valence-electron chi connectivity index (χ0n) is 11.4. The molecule has 0 saturated carbocycles. The Kier molecular flexibility index (Phi) is 9.36. The van der Waals surface area contributed by atoms with Crippen molar-refractivity contribution < 1.29 is 4.79 Å². The van der Waals surface area contributed by atoms with E-state index < -0.39 is 0 Å². The number of carbonyl (C=O) groups is 1. The van der Waals surface area contributed by atoms with Crippen LogP contribution in [0.5, 0.6) is 0 Å². The summed E-state index contributed by atoms with van der Waals surface area (Å²) < 4.78 is 1.76. The van der Waals surface area contributed by atoms with Crippen LogP contribution in [-0.2, 0) is 17.9 Å². The van der Waals surface area contributed by atoms with E-state index >= 15 is 0 Å². The quantitative estimate of drug-likeness (QED) is 0.830. The predicted molar refractivity (Wildman–Crippen MR) is 85.6 cm³/mol. The van der Waals surface area contributed by atoms with E-state index in [9.17, 15) is 4.79 Å². The number of nitrogens with two attached hydrogens (primary N) is 1. The Morgan fingerprint density at radius 3 is 2.43 bits per heavy atom. The van der Waals surface area contributed by atoms with E-state index in [1.165, 1.54) is 6.33 Å². The molecule has 1 heterocycles. The number of rotatable bonds is 6. The maximum atomic E-state index is 11.3. The fourth-order valence-electron chi connectivity index (χ4n) is 1.68. The number of hydrogen-bond donors (Lipinski definition) is 2. The number of nitrogens with one attached hydrogen (secondary N) is 1. The van der Waals surface area contributed by atoms with Gasteiger partial charge in [-0.3, -0.25) is 4.79 Å². The van der Waals surface area contributed by atoms with Gasteiger partial charge in [-0.25, -0.2) is 9.67 Å². The second kappa shape index (κ2) is 10.1. The van der Waals surface area contributed by atoms with Crippen LogP contribution in [0.15, 0.2) is 36.9 Å². The summed E-state index contributed by atoms with van der Waals surface area (Å²) in [5, 5.41) is 6.87. The van der Waals surface area contributed by atoms with E-state index in [1.54, 1.807) is 11.0 Å². The van der Waals surface area contributed by atoms with Gasteiger partial charge in [-0.2, -0.15) is 5.10 Å². The number of hydrogen-bond acceptors (Lipinski definition) is 4. The summed E-state index contributed by atoms with van der Waals surface area (Å²) in [6, 6.07) is 8.03. The first-order valence-electron chi connectivity index (χ1n) is 6.15. The first kappa shape index (κ1) is 19.4. The second-order valence-electron chi connectivity index (χ2n) is 4.22. The van der Waals surface area contributed by atoms with Crippen LogP contribution in [0.4, 0.5) is 0 Å². The molecule has 0 aliphatic carbocycles. The van der Waals surface area contributed by atoms with Gasteiger partial charge in [0.15, 0.2) is 0 Å². The highest BCUT2D eigenvalue weighted by atomic mass is 35.5. The third kappa shape index (κ3) is 6.57. The average Bonchev–Trinajstić information content (AvgIpc) is 2.91. The van der Waals surface area contributed by atoms with Gasteiger partial charge in [0.2, 0.25) is 5.91 Å². The molecule has 0 unspecified atom stereocenters. The molecule has 3 N–H and O–H groups in total. The number of benzene rings is 1. The van der Waals surface area contributed by atoms with Crippen molar-refractivity contribution >= 4 is 30.7 Å². The molecule has 8 heteroatoms. The lowest BCUT2D eigenvalue weighted by Gasteiger charge is -2.06. The summed E-state index contributed by atoms with van der Waals surface area (Å²) >= 11 is 0. The lowest BCUT2D eigenvalue weighted by molar-refractivity contribution is -0.121. The third-order valence-electron chi connectivity index (χ3n) is 2.70.